The van der Waals surface area contributed by atoms with Crippen LogP contribution in [0.2, 0.25) is 0 Å². The topological polar surface area (TPSA) is 23.8 Å². The fourth-order valence-electron chi connectivity index (χ4n) is 5.36. The Morgan fingerprint density at radius 1 is 0.931 bits per heavy atom. The van der Waals surface area contributed by atoms with E-state index in [0.717, 1.165) is 30.2 Å². The smallest absolute Gasteiger partial charge is 0.141 e. The molecule has 0 saturated heterocycles. The summed E-state index contributed by atoms with van der Waals surface area (Å²) in [6.45, 7) is 2.29. The first-order valence-corrected chi connectivity index (χ1v) is 12.1. The second-order valence-corrected chi connectivity index (χ2v) is 9.48. The lowest BCUT2D eigenvalue weighted by Gasteiger charge is -2.29. The number of benzene rings is 1. The minimum Gasteiger partial charge on any atom is -0.206 e. The molecular weight excluding hydrogens is 357 g/mol. The molecule has 2 heteroatoms. The lowest BCUT2D eigenvalue weighted by molar-refractivity contribution is 0.287. The summed E-state index contributed by atoms with van der Waals surface area (Å²) in [7, 11) is 0. The first kappa shape index (κ1) is 22.1. The fraction of sp³-hybridized carbons (Fsp3) is 0.667. The number of allylic oxidation sites excluding steroid dienone is 2. The van der Waals surface area contributed by atoms with Crippen molar-refractivity contribution < 1.29 is 4.39 Å². The largest absolute Gasteiger partial charge is 0.206 e. The average Bonchev–Trinajstić information content (AvgIpc) is 2.76. The number of hydrogen-bond donors (Lipinski definition) is 0. The van der Waals surface area contributed by atoms with Gasteiger partial charge in [0.1, 0.15) is 11.9 Å². The van der Waals surface area contributed by atoms with Crippen LogP contribution in [0.5, 0.6) is 0 Å². The van der Waals surface area contributed by atoms with Gasteiger partial charge in [0.05, 0.1) is 5.56 Å². The highest BCUT2D eigenvalue weighted by atomic mass is 19.1. The molecule has 2 fully saturated rings. The van der Waals surface area contributed by atoms with Gasteiger partial charge in [0, 0.05) is 0 Å². The molecule has 0 bridgehead atoms. The van der Waals surface area contributed by atoms with E-state index in [1.165, 1.54) is 70.6 Å². The summed E-state index contributed by atoms with van der Waals surface area (Å²) in [5.74, 6) is 2.56. The predicted octanol–water partition coefficient (Wildman–Crippen LogP) is 8.30. The second-order valence-electron chi connectivity index (χ2n) is 9.48. The molecule has 1 nitrogen and oxygen atoms in total. The highest BCUT2D eigenvalue weighted by molar-refractivity contribution is 5.35. The van der Waals surface area contributed by atoms with Crippen LogP contribution in [0.3, 0.4) is 0 Å². The summed E-state index contributed by atoms with van der Waals surface area (Å²) < 4.78 is 13.9. The van der Waals surface area contributed by atoms with E-state index in [4.69, 9.17) is 5.26 Å². The molecular formula is C27H38FN. The number of nitrogens with zero attached hydrogens (tertiary/aromatic N) is 1. The molecule has 0 aromatic heterocycles. The van der Waals surface area contributed by atoms with E-state index < -0.39 is 0 Å². The van der Waals surface area contributed by atoms with Crippen LogP contribution < -0.4 is 0 Å². The summed E-state index contributed by atoms with van der Waals surface area (Å²) in [6, 6.07) is 7.08. The normalized spacial score (nSPS) is 27.8. The molecule has 29 heavy (non-hydrogen) atoms. The van der Waals surface area contributed by atoms with Crippen molar-refractivity contribution in [1.29, 1.82) is 5.26 Å². The molecule has 0 heterocycles. The van der Waals surface area contributed by atoms with Crippen LogP contribution in [-0.4, -0.2) is 0 Å². The molecule has 158 valence electrons. The Hall–Kier alpha value is -1.62. The monoisotopic (exact) mass is 395 g/mol. The van der Waals surface area contributed by atoms with Gasteiger partial charge in [-0.2, -0.15) is 5.26 Å². The van der Waals surface area contributed by atoms with Gasteiger partial charge in [0.2, 0.25) is 0 Å². The Morgan fingerprint density at radius 3 is 2.17 bits per heavy atom. The number of nitriles is 1. The highest BCUT2D eigenvalue weighted by Crippen LogP contribution is 2.38. The van der Waals surface area contributed by atoms with Gasteiger partial charge >= 0.3 is 0 Å². The van der Waals surface area contributed by atoms with Gasteiger partial charge in [-0.15, -0.1) is 0 Å². The van der Waals surface area contributed by atoms with E-state index in [2.05, 4.69) is 19.1 Å². The summed E-state index contributed by atoms with van der Waals surface area (Å²) in [5.41, 5.74) is 1.22. The van der Waals surface area contributed by atoms with Crippen LogP contribution in [0.4, 0.5) is 4.39 Å². The van der Waals surface area contributed by atoms with Gasteiger partial charge in [-0.05, 0) is 92.7 Å². The van der Waals surface area contributed by atoms with E-state index in [1.54, 1.807) is 12.1 Å². The zero-order valence-electron chi connectivity index (χ0n) is 18.2. The first-order chi connectivity index (χ1) is 14.2. The van der Waals surface area contributed by atoms with E-state index >= 15 is 0 Å². The molecule has 2 saturated carbocycles. The Kier molecular flexibility index (Phi) is 8.78. The molecule has 0 aliphatic heterocycles. The van der Waals surface area contributed by atoms with Gasteiger partial charge in [0.15, 0.2) is 0 Å². The van der Waals surface area contributed by atoms with Gasteiger partial charge < -0.3 is 0 Å². The third kappa shape index (κ3) is 6.70. The quantitative estimate of drug-likeness (QED) is 0.321. The molecule has 2 aliphatic carbocycles. The van der Waals surface area contributed by atoms with Crippen molar-refractivity contribution in [2.45, 2.75) is 96.3 Å². The van der Waals surface area contributed by atoms with Crippen molar-refractivity contribution >= 4 is 0 Å². The van der Waals surface area contributed by atoms with Crippen molar-refractivity contribution in [2.75, 3.05) is 0 Å². The third-order valence-electron chi connectivity index (χ3n) is 7.37. The number of hydrogen-bond acceptors (Lipinski definition) is 1. The SMILES string of the molecule is CCCCCCC1CCC(C=CC2CCC(c3ccc(C#N)c(F)c3)CC2)CC1. The summed E-state index contributed by atoms with van der Waals surface area (Å²) in [6.07, 6.45) is 22.4. The van der Waals surface area contributed by atoms with E-state index in [1.807, 2.05) is 12.1 Å². The predicted molar refractivity (Wildman–Crippen MR) is 119 cm³/mol. The zero-order valence-corrected chi connectivity index (χ0v) is 18.2. The van der Waals surface area contributed by atoms with E-state index in [0.29, 0.717) is 11.8 Å². The van der Waals surface area contributed by atoms with Crippen LogP contribution in [0.25, 0.3) is 0 Å². The van der Waals surface area contributed by atoms with Crippen molar-refractivity contribution in [3.63, 3.8) is 0 Å². The summed E-state index contributed by atoms with van der Waals surface area (Å²) >= 11 is 0. The third-order valence-corrected chi connectivity index (χ3v) is 7.37. The lowest BCUT2D eigenvalue weighted by atomic mass is 9.76. The maximum atomic E-state index is 13.9. The van der Waals surface area contributed by atoms with Crippen LogP contribution in [0.15, 0.2) is 30.4 Å². The summed E-state index contributed by atoms with van der Waals surface area (Å²) in [5, 5.41) is 8.90. The van der Waals surface area contributed by atoms with Crippen molar-refractivity contribution in [3.8, 4) is 6.07 Å². The number of rotatable bonds is 8. The minimum absolute atomic E-state index is 0.154. The molecule has 1 aromatic carbocycles. The van der Waals surface area contributed by atoms with E-state index in [9.17, 15) is 4.39 Å². The Labute approximate surface area is 177 Å². The van der Waals surface area contributed by atoms with Crippen molar-refractivity contribution in [2.24, 2.45) is 17.8 Å². The van der Waals surface area contributed by atoms with Gasteiger partial charge in [-0.3, -0.25) is 0 Å². The maximum Gasteiger partial charge on any atom is 0.141 e. The van der Waals surface area contributed by atoms with Crippen molar-refractivity contribution in [3.05, 3.63) is 47.3 Å². The average molecular weight is 396 g/mol. The highest BCUT2D eigenvalue weighted by Gasteiger charge is 2.23. The zero-order chi connectivity index (χ0) is 20.5. The molecule has 0 radical (unpaired) electrons. The van der Waals surface area contributed by atoms with E-state index in [-0.39, 0.29) is 11.4 Å². The maximum absolute atomic E-state index is 13.9. The van der Waals surface area contributed by atoms with Crippen molar-refractivity contribution in [1.82, 2.24) is 0 Å². The van der Waals surface area contributed by atoms with Crippen LogP contribution in [-0.2, 0) is 0 Å². The Morgan fingerprint density at radius 2 is 1.59 bits per heavy atom. The molecule has 0 N–H and O–H groups in total. The molecule has 0 amide bonds. The van der Waals surface area contributed by atoms with Gasteiger partial charge in [0.25, 0.3) is 0 Å². The van der Waals surface area contributed by atoms with Gasteiger partial charge in [-0.25, -0.2) is 4.39 Å². The Bertz CT molecular complexity index is 685. The molecule has 0 atom stereocenters. The molecule has 3 rings (SSSR count). The molecule has 2 aliphatic rings. The van der Waals surface area contributed by atoms with Crippen LogP contribution in [0.1, 0.15) is 107 Å². The summed E-state index contributed by atoms with van der Waals surface area (Å²) in [4.78, 5) is 0. The Balaban J connectivity index is 1.37. The second kappa shape index (κ2) is 11.5. The van der Waals surface area contributed by atoms with Gasteiger partial charge in [-0.1, -0.05) is 57.2 Å². The lowest BCUT2D eigenvalue weighted by Crippen LogP contribution is -2.15. The standard InChI is InChI=1S/C27H38FN/c1-2-3-4-5-6-21-7-9-22(10-8-21)11-12-23-13-15-24(16-14-23)25-17-18-26(20-29)27(28)19-25/h11-12,17-19,21-24H,2-10,13-16H2,1H3. The fourth-order valence-corrected chi connectivity index (χ4v) is 5.36. The number of halogens is 1. The molecule has 0 spiro atoms. The van der Waals surface area contributed by atoms with Crippen LogP contribution in [0, 0.1) is 34.9 Å². The van der Waals surface area contributed by atoms with Crippen LogP contribution >= 0.6 is 0 Å². The molecule has 0 unspecified atom stereocenters. The number of unbranched alkanes of at least 4 members (excludes halogenated alkanes) is 3. The molecule has 1 aromatic rings. The first-order valence-electron chi connectivity index (χ1n) is 12.1. The minimum atomic E-state index is -0.368.